The van der Waals surface area contributed by atoms with E-state index >= 15 is 0 Å². The van der Waals surface area contributed by atoms with Gasteiger partial charge in [0.15, 0.2) is 0 Å². The summed E-state index contributed by atoms with van der Waals surface area (Å²) >= 11 is 5.99. The molecule has 1 aliphatic heterocycles. The molecule has 18 heavy (non-hydrogen) atoms. The minimum Gasteiger partial charge on any atom is -0.319 e. The molecule has 1 unspecified atom stereocenters. The van der Waals surface area contributed by atoms with Crippen LogP contribution in [0.2, 0.25) is 5.02 Å². The molecule has 1 atom stereocenters. The van der Waals surface area contributed by atoms with Gasteiger partial charge in [-0.1, -0.05) is 30.7 Å². The lowest BCUT2D eigenvalue weighted by Gasteiger charge is -2.24. The molecule has 0 radical (unpaired) electrons. The molecule has 1 aliphatic rings. The van der Waals surface area contributed by atoms with E-state index in [9.17, 15) is 4.39 Å². The van der Waals surface area contributed by atoms with Crippen molar-refractivity contribution >= 4 is 11.6 Å². The highest BCUT2D eigenvalue weighted by atomic mass is 35.5. The summed E-state index contributed by atoms with van der Waals surface area (Å²) in [6.07, 6.45) is 1.17. The first kappa shape index (κ1) is 13.8. The van der Waals surface area contributed by atoms with Crippen molar-refractivity contribution in [1.82, 2.24) is 10.2 Å². The van der Waals surface area contributed by atoms with Gasteiger partial charge >= 0.3 is 0 Å². The molecule has 2 rings (SSSR count). The molecule has 1 fully saturated rings. The molecule has 100 valence electrons. The molecule has 0 saturated carbocycles. The molecule has 2 nitrogen and oxygen atoms in total. The van der Waals surface area contributed by atoms with Crippen molar-refractivity contribution in [1.29, 1.82) is 0 Å². The van der Waals surface area contributed by atoms with Crippen LogP contribution in [0.3, 0.4) is 0 Å². The Balaban J connectivity index is 2.01. The van der Waals surface area contributed by atoms with Crippen LogP contribution in [0.4, 0.5) is 4.39 Å². The predicted molar refractivity (Wildman–Crippen MR) is 73.3 cm³/mol. The molecule has 4 heteroatoms. The van der Waals surface area contributed by atoms with Crippen molar-refractivity contribution in [3.05, 3.63) is 34.6 Å². The van der Waals surface area contributed by atoms with E-state index in [0.717, 1.165) is 31.7 Å². The zero-order valence-electron chi connectivity index (χ0n) is 11.0. The fourth-order valence-electron chi connectivity index (χ4n) is 2.74. The normalized spacial score (nSPS) is 24.7. The summed E-state index contributed by atoms with van der Waals surface area (Å²) in [5, 5.41) is 3.51. The van der Waals surface area contributed by atoms with Crippen molar-refractivity contribution in [3.8, 4) is 0 Å². The Hall–Kier alpha value is -0.640. The number of benzene rings is 1. The maximum atomic E-state index is 13.4. The van der Waals surface area contributed by atoms with Gasteiger partial charge < -0.3 is 5.32 Å². The summed E-state index contributed by atoms with van der Waals surface area (Å²) in [4.78, 5) is 2.35. The van der Waals surface area contributed by atoms with E-state index in [1.165, 1.54) is 12.5 Å². The Morgan fingerprint density at radius 2 is 2.28 bits per heavy atom. The standard InChI is InChI=1S/C14H20ClFN2/c1-14(9-17-2)6-7-18(10-14)8-11-4-3-5-12(16)13(11)15/h3-5,17H,6-10H2,1-2H3. The molecule has 0 aliphatic carbocycles. The number of nitrogens with one attached hydrogen (secondary N) is 1. The molecule has 1 saturated heterocycles. The average Bonchev–Trinajstić information content (AvgIpc) is 2.67. The summed E-state index contributed by atoms with van der Waals surface area (Å²) in [6.45, 7) is 6.11. The van der Waals surface area contributed by atoms with Crippen molar-refractivity contribution < 1.29 is 4.39 Å². The Morgan fingerprint density at radius 3 is 3.00 bits per heavy atom. The summed E-state index contributed by atoms with van der Waals surface area (Å²) in [6, 6.07) is 5.03. The van der Waals surface area contributed by atoms with Gasteiger partial charge in [0.05, 0.1) is 5.02 Å². The Bertz CT molecular complexity index is 424. The van der Waals surface area contributed by atoms with E-state index < -0.39 is 0 Å². The minimum atomic E-state index is -0.327. The fourth-order valence-corrected chi connectivity index (χ4v) is 2.93. The van der Waals surface area contributed by atoms with Crippen LogP contribution in [0.15, 0.2) is 18.2 Å². The van der Waals surface area contributed by atoms with Crippen LogP contribution in [-0.2, 0) is 6.54 Å². The molecule has 1 aromatic rings. The third-order valence-electron chi connectivity index (χ3n) is 3.67. The lowest BCUT2D eigenvalue weighted by molar-refractivity contribution is 0.265. The number of halogens is 2. The SMILES string of the molecule is CNCC1(C)CCN(Cc2cccc(F)c2Cl)C1. The smallest absolute Gasteiger partial charge is 0.142 e. The predicted octanol–water partition coefficient (Wildman–Crippen LogP) is 2.91. The first-order chi connectivity index (χ1) is 8.54. The molecule has 0 spiro atoms. The first-order valence-corrected chi connectivity index (χ1v) is 6.72. The Morgan fingerprint density at radius 1 is 1.50 bits per heavy atom. The molecule has 0 amide bonds. The van der Waals surface area contributed by atoms with Gasteiger partial charge in [0.25, 0.3) is 0 Å². The summed E-state index contributed by atoms with van der Waals surface area (Å²) in [7, 11) is 1.98. The van der Waals surface area contributed by atoms with Crippen LogP contribution in [0.5, 0.6) is 0 Å². The van der Waals surface area contributed by atoms with E-state index in [4.69, 9.17) is 11.6 Å². The van der Waals surface area contributed by atoms with E-state index in [2.05, 4.69) is 17.1 Å². The van der Waals surface area contributed by atoms with Crippen molar-refractivity contribution in [2.45, 2.75) is 19.9 Å². The van der Waals surface area contributed by atoms with E-state index in [-0.39, 0.29) is 10.8 Å². The number of nitrogens with zero attached hydrogens (tertiary/aromatic N) is 1. The first-order valence-electron chi connectivity index (χ1n) is 6.34. The van der Waals surface area contributed by atoms with Crippen LogP contribution in [0, 0.1) is 11.2 Å². The van der Waals surface area contributed by atoms with Gasteiger partial charge in [-0.2, -0.15) is 0 Å². The van der Waals surface area contributed by atoms with Gasteiger partial charge in [-0.3, -0.25) is 4.90 Å². The highest BCUT2D eigenvalue weighted by Gasteiger charge is 2.33. The van der Waals surface area contributed by atoms with E-state index in [1.807, 2.05) is 13.1 Å². The van der Waals surface area contributed by atoms with E-state index in [0.29, 0.717) is 5.41 Å². The molecule has 1 aromatic carbocycles. The molecule has 1 heterocycles. The van der Waals surface area contributed by atoms with Crippen LogP contribution >= 0.6 is 11.6 Å². The molecule has 0 aromatic heterocycles. The van der Waals surface area contributed by atoms with Crippen molar-refractivity contribution in [3.63, 3.8) is 0 Å². The second-order valence-corrected chi connectivity index (χ2v) is 5.89. The van der Waals surface area contributed by atoms with Gasteiger partial charge in [0.2, 0.25) is 0 Å². The zero-order chi connectivity index (χ0) is 13.2. The van der Waals surface area contributed by atoms with Crippen molar-refractivity contribution in [2.24, 2.45) is 5.41 Å². The monoisotopic (exact) mass is 270 g/mol. The lowest BCUT2D eigenvalue weighted by Crippen LogP contribution is -2.32. The van der Waals surface area contributed by atoms with Gasteiger partial charge in [-0.05, 0) is 37.1 Å². The minimum absolute atomic E-state index is 0.264. The van der Waals surface area contributed by atoms with Crippen LogP contribution < -0.4 is 5.32 Å². The van der Waals surface area contributed by atoms with Crippen molar-refractivity contribution in [2.75, 3.05) is 26.7 Å². The maximum absolute atomic E-state index is 13.4. The lowest BCUT2D eigenvalue weighted by atomic mass is 9.90. The average molecular weight is 271 g/mol. The third-order valence-corrected chi connectivity index (χ3v) is 4.09. The van der Waals surface area contributed by atoms with Crippen LogP contribution in [-0.4, -0.2) is 31.6 Å². The molecular formula is C14H20ClFN2. The molecule has 1 N–H and O–H groups in total. The Labute approximate surface area is 113 Å². The number of rotatable bonds is 4. The Kier molecular flexibility index (Phi) is 4.25. The summed E-state index contributed by atoms with van der Waals surface area (Å²) in [5.74, 6) is -0.327. The van der Waals surface area contributed by atoms with Crippen LogP contribution in [0.1, 0.15) is 18.9 Å². The maximum Gasteiger partial charge on any atom is 0.142 e. The third kappa shape index (κ3) is 3.02. The van der Waals surface area contributed by atoms with Gasteiger partial charge in [0.1, 0.15) is 5.82 Å². The highest BCUT2D eigenvalue weighted by molar-refractivity contribution is 6.31. The molecule has 0 bridgehead atoms. The fraction of sp³-hybridized carbons (Fsp3) is 0.571. The highest BCUT2D eigenvalue weighted by Crippen LogP contribution is 2.31. The second kappa shape index (κ2) is 5.55. The number of likely N-dealkylation sites (tertiary alicyclic amines) is 1. The van der Waals surface area contributed by atoms with E-state index in [1.54, 1.807) is 6.07 Å². The molecular weight excluding hydrogens is 251 g/mol. The topological polar surface area (TPSA) is 15.3 Å². The van der Waals surface area contributed by atoms with Gasteiger partial charge in [0, 0.05) is 19.6 Å². The van der Waals surface area contributed by atoms with Gasteiger partial charge in [-0.15, -0.1) is 0 Å². The number of hydrogen-bond donors (Lipinski definition) is 1. The summed E-state index contributed by atoms with van der Waals surface area (Å²) in [5.41, 5.74) is 1.19. The largest absolute Gasteiger partial charge is 0.319 e. The number of hydrogen-bond acceptors (Lipinski definition) is 2. The summed E-state index contributed by atoms with van der Waals surface area (Å²) < 4.78 is 13.4. The van der Waals surface area contributed by atoms with Crippen LogP contribution in [0.25, 0.3) is 0 Å². The van der Waals surface area contributed by atoms with Gasteiger partial charge in [-0.25, -0.2) is 4.39 Å². The quantitative estimate of drug-likeness (QED) is 0.905. The second-order valence-electron chi connectivity index (χ2n) is 5.51. The zero-order valence-corrected chi connectivity index (χ0v) is 11.7.